The SMILES string of the molecule is C=C/C(=C\C1=C(C)CNC1)OC1CCOCC1. The maximum Gasteiger partial charge on any atom is 0.119 e. The standard InChI is InChI=1S/C14H21NO2/c1-3-13(8-12-10-15-9-11(12)2)17-14-4-6-16-7-5-14/h3,8,14-15H,1,4-7,9-10H2,2H3/b13-8+. The van der Waals surface area contributed by atoms with E-state index in [4.69, 9.17) is 9.47 Å². The summed E-state index contributed by atoms with van der Waals surface area (Å²) in [5, 5.41) is 3.33. The highest BCUT2D eigenvalue weighted by Gasteiger charge is 2.16. The minimum absolute atomic E-state index is 0.281. The van der Waals surface area contributed by atoms with Crippen molar-refractivity contribution in [2.24, 2.45) is 0 Å². The molecule has 94 valence electrons. The molecule has 0 unspecified atom stereocenters. The molecule has 1 saturated heterocycles. The second-order valence-corrected chi connectivity index (χ2v) is 4.59. The van der Waals surface area contributed by atoms with Gasteiger partial charge in [-0.05, 0) is 24.6 Å². The highest BCUT2D eigenvalue weighted by atomic mass is 16.5. The van der Waals surface area contributed by atoms with Crippen molar-refractivity contribution in [3.63, 3.8) is 0 Å². The van der Waals surface area contributed by atoms with Gasteiger partial charge in [0.25, 0.3) is 0 Å². The van der Waals surface area contributed by atoms with E-state index in [1.165, 1.54) is 11.1 Å². The first-order valence-electron chi connectivity index (χ1n) is 6.27. The molecule has 0 aromatic heterocycles. The van der Waals surface area contributed by atoms with E-state index < -0.39 is 0 Å². The molecule has 0 aromatic rings. The minimum Gasteiger partial charge on any atom is -0.490 e. The Morgan fingerprint density at radius 3 is 2.76 bits per heavy atom. The Morgan fingerprint density at radius 1 is 1.41 bits per heavy atom. The molecule has 0 amide bonds. The van der Waals surface area contributed by atoms with Crippen LogP contribution in [0.15, 0.2) is 35.6 Å². The number of hydrogen-bond acceptors (Lipinski definition) is 3. The highest BCUT2D eigenvalue weighted by molar-refractivity contribution is 5.34. The summed E-state index contributed by atoms with van der Waals surface area (Å²) in [7, 11) is 0. The molecule has 0 aromatic carbocycles. The Morgan fingerprint density at radius 2 is 2.18 bits per heavy atom. The van der Waals surface area contributed by atoms with Crippen LogP contribution in [0.25, 0.3) is 0 Å². The summed E-state index contributed by atoms with van der Waals surface area (Å²) in [5.41, 5.74) is 2.71. The molecule has 0 atom stereocenters. The Labute approximate surface area is 103 Å². The van der Waals surface area contributed by atoms with Crippen molar-refractivity contribution in [3.05, 3.63) is 35.6 Å². The molecular weight excluding hydrogens is 214 g/mol. The van der Waals surface area contributed by atoms with Gasteiger partial charge in [0, 0.05) is 25.9 Å². The van der Waals surface area contributed by atoms with Crippen LogP contribution >= 0.6 is 0 Å². The van der Waals surface area contributed by atoms with E-state index in [-0.39, 0.29) is 6.10 Å². The molecule has 0 aliphatic carbocycles. The maximum atomic E-state index is 5.95. The van der Waals surface area contributed by atoms with Crippen molar-refractivity contribution in [2.45, 2.75) is 25.9 Å². The Bertz CT molecular complexity index is 338. The monoisotopic (exact) mass is 235 g/mol. The van der Waals surface area contributed by atoms with E-state index in [0.29, 0.717) is 0 Å². The number of hydrogen-bond donors (Lipinski definition) is 1. The summed E-state index contributed by atoms with van der Waals surface area (Å²) in [6, 6.07) is 0. The van der Waals surface area contributed by atoms with Crippen molar-refractivity contribution in [2.75, 3.05) is 26.3 Å². The van der Waals surface area contributed by atoms with Gasteiger partial charge in [-0.1, -0.05) is 12.2 Å². The smallest absolute Gasteiger partial charge is 0.119 e. The van der Waals surface area contributed by atoms with Gasteiger partial charge in [-0.25, -0.2) is 0 Å². The van der Waals surface area contributed by atoms with Gasteiger partial charge in [-0.3, -0.25) is 0 Å². The third kappa shape index (κ3) is 3.45. The zero-order valence-electron chi connectivity index (χ0n) is 10.5. The fraction of sp³-hybridized carbons (Fsp3) is 0.571. The predicted molar refractivity (Wildman–Crippen MR) is 68.8 cm³/mol. The minimum atomic E-state index is 0.281. The molecule has 0 bridgehead atoms. The normalized spacial score (nSPS) is 23.0. The number of nitrogens with one attached hydrogen (secondary N) is 1. The summed E-state index contributed by atoms with van der Waals surface area (Å²) in [6.07, 6.45) is 6.14. The van der Waals surface area contributed by atoms with Crippen molar-refractivity contribution in [1.82, 2.24) is 5.32 Å². The van der Waals surface area contributed by atoms with Gasteiger partial charge < -0.3 is 14.8 Å². The van der Waals surface area contributed by atoms with Crippen molar-refractivity contribution >= 4 is 0 Å². The van der Waals surface area contributed by atoms with Crippen molar-refractivity contribution < 1.29 is 9.47 Å². The van der Waals surface area contributed by atoms with Crippen LogP contribution in [0.1, 0.15) is 19.8 Å². The first-order valence-corrected chi connectivity index (χ1v) is 6.27. The van der Waals surface area contributed by atoms with Crippen molar-refractivity contribution in [3.8, 4) is 0 Å². The Hall–Kier alpha value is -1.06. The van der Waals surface area contributed by atoms with Gasteiger partial charge in [0.2, 0.25) is 0 Å². The molecule has 3 nitrogen and oxygen atoms in total. The molecule has 0 saturated carbocycles. The molecule has 0 spiro atoms. The average molecular weight is 235 g/mol. The van der Waals surface area contributed by atoms with E-state index in [0.717, 1.165) is 44.9 Å². The van der Waals surface area contributed by atoms with Crippen LogP contribution in [-0.4, -0.2) is 32.4 Å². The second-order valence-electron chi connectivity index (χ2n) is 4.59. The van der Waals surface area contributed by atoms with Crippen LogP contribution in [0.3, 0.4) is 0 Å². The van der Waals surface area contributed by atoms with Gasteiger partial charge in [-0.15, -0.1) is 0 Å². The molecule has 2 aliphatic rings. The summed E-state index contributed by atoms with van der Waals surface area (Å²) < 4.78 is 11.3. The first kappa shape index (κ1) is 12.4. The van der Waals surface area contributed by atoms with Crippen LogP contribution in [0.5, 0.6) is 0 Å². The van der Waals surface area contributed by atoms with Gasteiger partial charge in [0.1, 0.15) is 11.9 Å². The molecule has 3 heteroatoms. The average Bonchev–Trinajstić information content (AvgIpc) is 2.75. The molecule has 0 radical (unpaired) electrons. The van der Waals surface area contributed by atoms with Crippen LogP contribution < -0.4 is 5.32 Å². The topological polar surface area (TPSA) is 30.5 Å². The number of rotatable bonds is 4. The van der Waals surface area contributed by atoms with E-state index in [1.54, 1.807) is 6.08 Å². The lowest BCUT2D eigenvalue weighted by molar-refractivity contribution is -0.000669. The third-order valence-electron chi connectivity index (χ3n) is 3.24. The van der Waals surface area contributed by atoms with Gasteiger partial charge in [0.15, 0.2) is 0 Å². The lowest BCUT2D eigenvalue weighted by Gasteiger charge is -2.23. The van der Waals surface area contributed by atoms with E-state index in [2.05, 4.69) is 24.9 Å². The summed E-state index contributed by atoms with van der Waals surface area (Å²) in [4.78, 5) is 0. The van der Waals surface area contributed by atoms with Crippen molar-refractivity contribution in [1.29, 1.82) is 0 Å². The molecular formula is C14H21NO2. The van der Waals surface area contributed by atoms with Gasteiger partial charge >= 0.3 is 0 Å². The lowest BCUT2D eigenvalue weighted by Crippen LogP contribution is -2.23. The predicted octanol–water partition coefficient (Wildman–Crippen LogP) is 2.17. The maximum absolute atomic E-state index is 5.95. The zero-order valence-corrected chi connectivity index (χ0v) is 10.5. The Kier molecular flexibility index (Phi) is 4.40. The van der Waals surface area contributed by atoms with Crippen LogP contribution in [-0.2, 0) is 9.47 Å². The quantitative estimate of drug-likeness (QED) is 0.598. The second kappa shape index (κ2) is 6.03. The fourth-order valence-electron chi connectivity index (χ4n) is 2.12. The van der Waals surface area contributed by atoms with Gasteiger partial charge in [-0.2, -0.15) is 0 Å². The highest BCUT2D eigenvalue weighted by Crippen LogP contribution is 2.18. The zero-order chi connectivity index (χ0) is 12.1. The summed E-state index contributed by atoms with van der Waals surface area (Å²) in [6.45, 7) is 9.50. The number of ether oxygens (including phenoxy) is 2. The third-order valence-corrected chi connectivity index (χ3v) is 3.24. The molecule has 1 N–H and O–H groups in total. The van der Waals surface area contributed by atoms with Gasteiger partial charge in [0.05, 0.1) is 13.2 Å². The number of allylic oxidation sites excluding steroid dienone is 1. The first-order chi connectivity index (χ1) is 8.29. The molecule has 2 heterocycles. The lowest BCUT2D eigenvalue weighted by atomic mass is 10.1. The van der Waals surface area contributed by atoms with Crippen LogP contribution in [0.4, 0.5) is 0 Å². The van der Waals surface area contributed by atoms with Crippen LogP contribution in [0, 0.1) is 0 Å². The molecule has 2 rings (SSSR count). The van der Waals surface area contributed by atoms with Crippen LogP contribution in [0.2, 0.25) is 0 Å². The Balaban J connectivity index is 1.98. The molecule has 2 aliphatic heterocycles. The molecule has 17 heavy (non-hydrogen) atoms. The largest absolute Gasteiger partial charge is 0.490 e. The fourth-order valence-corrected chi connectivity index (χ4v) is 2.12. The van der Waals surface area contributed by atoms with E-state index in [9.17, 15) is 0 Å². The van der Waals surface area contributed by atoms with E-state index in [1.807, 2.05) is 0 Å². The van der Waals surface area contributed by atoms with E-state index >= 15 is 0 Å². The summed E-state index contributed by atoms with van der Waals surface area (Å²) >= 11 is 0. The molecule has 1 fully saturated rings. The summed E-state index contributed by atoms with van der Waals surface area (Å²) in [5.74, 6) is 0.884.